The van der Waals surface area contributed by atoms with Crippen molar-refractivity contribution in [1.29, 1.82) is 5.26 Å². The first-order valence-corrected chi connectivity index (χ1v) is 12.3. The van der Waals surface area contributed by atoms with E-state index in [-0.39, 0.29) is 24.3 Å². The summed E-state index contributed by atoms with van der Waals surface area (Å²) in [5, 5.41) is 9.39. The summed E-state index contributed by atoms with van der Waals surface area (Å²) in [6.07, 6.45) is 4.63. The van der Waals surface area contributed by atoms with Gasteiger partial charge in [-0.15, -0.1) is 0 Å². The van der Waals surface area contributed by atoms with Crippen LogP contribution in [0.15, 0.2) is 61.1 Å². The molecule has 198 valence electrons. The Labute approximate surface area is 226 Å². The van der Waals surface area contributed by atoms with Crippen LogP contribution >= 0.6 is 0 Å². The Hall–Kier alpha value is -5.21. The first-order chi connectivity index (χ1) is 19.4. The highest BCUT2D eigenvalue weighted by atomic mass is 19.1. The Morgan fingerprint density at radius 3 is 2.65 bits per heavy atom. The van der Waals surface area contributed by atoms with Crippen molar-refractivity contribution >= 4 is 22.8 Å². The SMILES string of the molecule is N#Cc1cnccc1-c1ccc(CN(Cc2c(F)cccc2F)C(=O)c2cc3nc(N)c4c(c3[nH]2)COC4)nc1. The van der Waals surface area contributed by atoms with Crippen molar-refractivity contribution < 1.29 is 18.3 Å². The minimum Gasteiger partial charge on any atom is -0.383 e. The lowest BCUT2D eigenvalue weighted by Gasteiger charge is -2.23. The van der Waals surface area contributed by atoms with Gasteiger partial charge in [-0.1, -0.05) is 12.1 Å². The molecule has 5 heterocycles. The number of anilines is 1. The minimum absolute atomic E-state index is 0.0412. The molecule has 0 radical (unpaired) electrons. The average Bonchev–Trinajstić information content (AvgIpc) is 3.62. The normalized spacial score (nSPS) is 12.3. The molecule has 0 atom stereocenters. The minimum atomic E-state index is -0.760. The van der Waals surface area contributed by atoms with Crippen LogP contribution in [-0.4, -0.2) is 30.7 Å². The quantitative estimate of drug-likeness (QED) is 0.323. The van der Waals surface area contributed by atoms with Gasteiger partial charge in [0.05, 0.1) is 48.6 Å². The van der Waals surface area contributed by atoms with Crippen LogP contribution in [0.4, 0.5) is 14.6 Å². The van der Waals surface area contributed by atoms with Gasteiger partial charge in [0.25, 0.3) is 5.91 Å². The number of H-pyrrole nitrogens is 1. The summed E-state index contributed by atoms with van der Waals surface area (Å²) < 4.78 is 34.8. The van der Waals surface area contributed by atoms with E-state index in [2.05, 4.69) is 26.0 Å². The molecule has 1 amide bonds. The maximum absolute atomic E-state index is 14.6. The number of hydrogen-bond donors (Lipinski definition) is 2. The van der Waals surface area contributed by atoms with Crippen molar-refractivity contribution in [1.82, 2.24) is 24.8 Å². The van der Waals surface area contributed by atoms with Gasteiger partial charge in [0, 0.05) is 46.4 Å². The second-order valence-corrected chi connectivity index (χ2v) is 9.32. The van der Waals surface area contributed by atoms with Crippen molar-refractivity contribution in [3.63, 3.8) is 0 Å². The van der Waals surface area contributed by atoms with Crippen LogP contribution in [0.1, 0.15) is 38.4 Å². The number of fused-ring (bicyclic) bond motifs is 3. The van der Waals surface area contributed by atoms with Crippen LogP contribution in [0.3, 0.4) is 0 Å². The largest absolute Gasteiger partial charge is 0.383 e. The maximum atomic E-state index is 14.6. The van der Waals surface area contributed by atoms with Crippen LogP contribution < -0.4 is 5.73 Å². The number of ether oxygens (including phenoxy) is 1. The van der Waals surface area contributed by atoms with Gasteiger partial charge < -0.3 is 20.4 Å². The van der Waals surface area contributed by atoms with Gasteiger partial charge in [-0.2, -0.15) is 5.26 Å². The van der Waals surface area contributed by atoms with E-state index >= 15 is 0 Å². The third-order valence-electron chi connectivity index (χ3n) is 6.86. The monoisotopic (exact) mass is 537 g/mol. The molecular formula is C29H21F2N7O2. The highest BCUT2D eigenvalue weighted by molar-refractivity contribution is 5.98. The summed E-state index contributed by atoms with van der Waals surface area (Å²) in [6, 6.07) is 12.4. The van der Waals surface area contributed by atoms with Gasteiger partial charge in [0.15, 0.2) is 0 Å². The van der Waals surface area contributed by atoms with Crippen molar-refractivity contribution in [3.05, 3.63) is 106 Å². The van der Waals surface area contributed by atoms with Crippen molar-refractivity contribution in [3.8, 4) is 17.2 Å². The molecule has 4 aromatic heterocycles. The number of carbonyl (C=O) groups is 1. The molecule has 1 aliphatic rings. The maximum Gasteiger partial charge on any atom is 0.271 e. The Balaban J connectivity index is 1.35. The lowest BCUT2D eigenvalue weighted by atomic mass is 10.0. The molecule has 40 heavy (non-hydrogen) atoms. The number of halogens is 2. The number of nitriles is 1. The number of rotatable bonds is 6. The highest BCUT2D eigenvalue weighted by Crippen LogP contribution is 2.31. The number of aromatic amines is 1. The van der Waals surface area contributed by atoms with Crippen molar-refractivity contribution in [2.24, 2.45) is 0 Å². The second-order valence-electron chi connectivity index (χ2n) is 9.32. The van der Waals surface area contributed by atoms with E-state index in [1.165, 1.54) is 17.2 Å². The van der Waals surface area contributed by atoms with Crippen LogP contribution in [0.25, 0.3) is 22.2 Å². The predicted molar refractivity (Wildman–Crippen MR) is 141 cm³/mol. The number of aromatic nitrogens is 4. The van der Waals surface area contributed by atoms with E-state index in [1.807, 2.05) is 0 Å². The van der Waals surface area contributed by atoms with Gasteiger partial charge >= 0.3 is 0 Å². The van der Waals surface area contributed by atoms with Crippen molar-refractivity contribution in [2.75, 3.05) is 5.73 Å². The first-order valence-electron chi connectivity index (χ1n) is 12.3. The van der Waals surface area contributed by atoms with Crippen LogP contribution in [0.5, 0.6) is 0 Å². The lowest BCUT2D eigenvalue weighted by molar-refractivity contribution is 0.0719. The smallest absolute Gasteiger partial charge is 0.271 e. The summed E-state index contributed by atoms with van der Waals surface area (Å²) in [7, 11) is 0. The van der Waals surface area contributed by atoms with Gasteiger partial charge in [-0.25, -0.2) is 13.8 Å². The molecule has 0 spiro atoms. The number of benzene rings is 1. The number of amides is 1. The van der Waals surface area contributed by atoms with Crippen LogP contribution in [-0.2, 0) is 31.0 Å². The first kappa shape index (κ1) is 25.1. The summed E-state index contributed by atoms with van der Waals surface area (Å²) in [5.74, 6) is -1.69. The summed E-state index contributed by atoms with van der Waals surface area (Å²) >= 11 is 0. The molecule has 6 rings (SSSR count). The number of carbonyl (C=O) groups excluding carboxylic acids is 1. The molecular weight excluding hydrogens is 516 g/mol. The van der Waals surface area contributed by atoms with E-state index in [0.717, 1.165) is 23.3 Å². The Morgan fingerprint density at radius 1 is 1.10 bits per heavy atom. The van der Waals surface area contributed by atoms with E-state index in [0.29, 0.717) is 52.4 Å². The molecule has 0 bridgehead atoms. The zero-order valence-electron chi connectivity index (χ0n) is 21.0. The molecule has 0 saturated carbocycles. The Kier molecular flexibility index (Phi) is 6.37. The Morgan fingerprint density at radius 2 is 1.90 bits per heavy atom. The molecule has 0 unspecified atom stereocenters. The molecule has 11 heteroatoms. The molecule has 1 aliphatic heterocycles. The molecule has 5 aromatic rings. The lowest BCUT2D eigenvalue weighted by Crippen LogP contribution is -2.31. The fourth-order valence-electron chi connectivity index (χ4n) is 4.81. The van der Waals surface area contributed by atoms with Gasteiger partial charge in [0.1, 0.15) is 29.2 Å². The van der Waals surface area contributed by atoms with Crippen LogP contribution in [0, 0.1) is 23.0 Å². The standard InChI is InChI=1S/C29H21F2N7O2/c30-23-2-1-3-24(31)20(23)13-38(12-18-5-4-16(11-35-18)19-6-7-34-10-17(19)9-32)29(39)26-8-25-27(36-26)21-14-40-15-22(21)28(33)37-25/h1-8,10-11,36H,12-15H2,(H2,33,37). The molecule has 9 nitrogen and oxygen atoms in total. The van der Waals surface area contributed by atoms with E-state index in [4.69, 9.17) is 10.5 Å². The zero-order valence-corrected chi connectivity index (χ0v) is 21.0. The molecule has 1 aromatic carbocycles. The molecule has 0 saturated heterocycles. The van der Waals surface area contributed by atoms with Crippen molar-refractivity contribution in [2.45, 2.75) is 26.3 Å². The van der Waals surface area contributed by atoms with E-state index < -0.39 is 17.5 Å². The number of hydrogen-bond acceptors (Lipinski definition) is 7. The van der Waals surface area contributed by atoms with E-state index in [1.54, 1.807) is 36.7 Å². The number of pyridine rings is 3. The molecule has 0 aliphatic carbocycles. The van der Waals surface area contributed by atoms with Gasteiger partial charge in [-0.05, 0) is 30.3 Å². The summed E-state index contributed by atoms with van der Waals surface area (Å²) in [5.41, 5.74) is 11.0. The number of nitrogen functional groups attached to an aromatic ring is 1. The van der Waals surface area contributed by atoms with Crippen LogP contribution in [0.2, 0.25) is 0 Å². The summed E-state index contributed by atoms with van der Waals surface area (Å²) in [6.45, 7) is 0.288. The average molecular weight is 538 g/mol. The highest BCUT2D eigenvalue weighted by Gasteiger charge is 2.26. The molecule has 0 fully saturated rings. The number of nitrogens with one attached hydrogen (secondary N) is 1. The number of nitrogens with zero attached hydrogens (tertiary/aromatic N) is 5. The second kappa shape index (κ2) is 10.2. The third-order valence-corrected chi connectivity index (χ3v) is 6.86. The Bertz CT molecular complexity index is 1790. The fraction of sp³-hybridized carbons (Fsp3) is 0.138. The van der Waals surface area contributed by atoms with Gasteiger partial charge in [-0.3, -0.25) is 14.8 Å². The van der Waals surface area contributed by atoms with E-state index in [9.17, 15) is 18.8 Å². The zero-order chi connectivity index (χ0) is 27.8. The number of nitrogens with two attached hydrogens (primary N) is 1. The predicted octanol–water partition coefficient (Wildman–Crippen LogP) is 4.62. The van der Waals surface area contributed by atoms with Gasteiger partial charge in [0.2, 0.25) is 0 Å². The summed E-state index contributed by atoms with van der Waals surface area (Å²) in [4.78, 5) is 31.0. The fourth-order valence-corrected chi connectivity index (χ4v) is 4.81. The topological polar surface area (TPSA) is 134 Å². The third kappa shape index (κ3) is 4.50. The molecule has 3 N–H and O–H groups in total.